The largest absolute Gasteiger partial charge is 0.497 e. The fourth-order valence-electron chi connectivity index (χ4n) is 5.83. The standard InChI is InChI=1S/C27H30N4OS/c1-32-23-13-9-21(10-14-23)29-25-24(30-17-5-6-18-30)27(15-3-2-4-16-27)26(33)31(25)22-11-7-20(19-28)8-12-22/h7-14,24H,2-6,15-18H2,1H3/t24-/m0/s1. The molecule has 0 unspecified atom stereocenters. The van der Waals surface area contributed by atoms with Gasteiger partial charge in [0, 0.05) is 11.1 Å². The molecule has 3 fully saturated rings. The third-order valence-corrected chi connectivity index (χ3v) is 8.04. The first kappa shape index (κ1) is 22.1. The van der Waals surface area contributed by atoms with Crippen LogP contribution in [0.5, 0.6) is 5.75 Å². The van der Waals surface area contributed by atoms with Crippen LogP contribution in [-0.2, 0) is 0 Å². The predicted octanol–water partition coefficient (Wildman–Crippen LogP) is 5.86. The summed E-state index contributed by atoms with van der Waals surface area (Å²) < 4.78 is 5.35. The highest BCUT2D eigenvalue weighted by Crippen LogP contribution is 2.50. The molecule has 2 aliphatic heterocycles. The first-order valence-corrected chi connectivity index (χ1v) is 12.4. The quantitative estimate of drug-likeness (QED) is 0.537. The molecule has 170 valence electrons. The van der Waals surface area contributed by atoms with E-state index in [0.717, 1.165) is 53.9 Å². The van der Waals surface area contributed by atoms with Crippen LogP contribution in [0.2, 0.25) is 0 Å². The Bertz CT molecular complexity index is 1070. The number of likely N-dealkylation sites (tertiary alicyclic amines) is 1. The van der Waals surface area contributed by atoms with Gasteiger partial charge in [0.2, 0.25) is 0 Å². The molecule has 33 heavy (non-hydrogen) atoms. The predicted molar refractivity (Wildman–Crippen MR) is 136 cm³/mol. The topological polar surface area (TPSA) is 51.9 Å². The number of aliphatic imine (C=N–C) groups is 1. The fraction of sp³-hybridized carbons (Fsp3) is 0.444. The number of hydrogen-bond acceptors (Lipinski definition) is 5. The Balaban J connectivity index is 1.66. The van der Waals surface area contributed by atoms with Crippen LogP contribution < -0.4 is 9.64 Å². The zero-order chi connectivity index (χ0) is 22.8. The van der Waals surface area contributed by atoms with E-state index in [-0.39, 0.29) is 11.5 Å². The molecule has 1 spiro atoms. The van der Waals surface area contributed by atoms with Gasteiger partial charge in [0.05, 0.1) is 35.5 Å². The van der Waals surface area contributed by atoms with Crippen LogP contribution in [-0.4, -0.2) is 42.0 Å². The van der Waals surface area contributed by atoms with Crippen molar-refractivity contribution < 1.29 is 4.74 Å². The number of anilines is 1. The number of hydrogen-bond donors (Lipinski definition) is 0. The van der Waals surface area contributed by atoms with Crippen molar-refractivity contribution in [1.29, 1.82) is 5.26 Å². The number of thiocarbonyl (C=S) groups is 1. The zero-order valence-corrected chi connectivity index (χ0v) is 20.0. The van der Waals surface area contributed by atoms with Crippen LogP contribution >= 0.6 is 12.2 Å². The van der Waals surface area contributed by atoms with E-state index in [1.54, 1.807) is 7.11 Å². The molecule has 0 radical (unpaired) electrons. The van der Waals surface area contributed by atoms with Gasteiger partial charge in [0.15, 0.2) is 0 Å². The minimum Gasteiger partial charge on any atom is -0.497 e. The van der Waals surface area contributed by atoms with Gasteiger partial charge >= 0.3 is 0 Å². The van der Waals surface area contributed by atoms with Gasteiger partial charge in [0.1, 0.15) is 11.6 Å². The lowest BCUT2D eigenvalue weighted by Crippen LogP contribution is -2.49. The lowest BCUT2D eigenvalue weighted by Gasteiger charge is -2.41. The maximum absolute atomic E-state index is 9.29. The summed E-state index contributed by atoms with van der Waals surface area (Å²) in [6.45, 7) is 2.19. The Morgan fingerprint density at radius 2 is 1.64 bits per heavy atom. The van der Waals surface area contributed by atoms with E-state index < -0.39 is 0 Å². The first-order chi connectivity index (χ1) is 16.2. The molecule has 1 atom stereocenters. The van der Waals surface area contributed by atoms with Crippen molar-refractivity contribution in [2.45, 2.75) is 51.0 Å². The van der Waals surface area contributed by atoms with Crippen LogP contribution in [0, 0.1) is 16.7 Å². The summed E-state index contributed by atoms with van der Waals surface area (Å²) >= 11 is 6.29. The smallest absolute Gasteiger partial charge is 0.133 e. The average molecular weight is 459 g/mol. The first-order valence-electron chi connectivity index (χ1n) is 12.0. The lowest BCUT2D eigenvalue weighted by molar-refractivity contribution is 0.155. The molecule has 2 aromatic rings. The minimum atomic E-state index is -0.0584. The molecule has 6 heteroatoms. The number of nitrogens with zero attached hydrogens (tertiary/aromatic N) is 4. The van der Waals surface area contributed by atoms with Gasteiger partial charge in [-0.3, -0.25) is 9.80 Å². The highest BCUT2D eigenvalue weighted by molar-refractivity contribution is 7.80. The molecule has 1 aliphatic carbocycles. The van der Waals surface area contributed by atoms with E-state index in [1.165, 1.54) is 32.1 Å². The summed E-state index contributed by atoms with van der Waals surface area (Å²) in [5, 5.41) is 9.29. The second-order valence-corrected chi connectivity index (χ2v) is 9.72. The maximum atomic E-state index is 9.29. The van der Waals surface area contributed by atoms with Gasteiger partial charge in [0.25, 0.3) is 0 Å². The third-order valence-electron chi connectivity index (χ3n) is 7.45. The minimum absolute atomic E-state index is 0.0584. The normalized spacial score (nSPS) is 23.9. The van der Waals surface area contributed by atoms with E-state index in [9.17, 15) is 5.26 Å². The van der Waals surface area contributed by atoms with Crippen molar-refractivity contribution in [2.24, 2.45) is 10.4 Å². The molecular weight excluding hydrogens is 428 g/mol. The van der Waals surface area contributed by atoms with Gasteiger partial charge in [-0.15, -0.1) is 0 Å². The second-order valence-electron chi connectivity index (χ2n) is 9.33. The van der Waals surface area contributed by atoms with Crippen molar-refractivity contribution >= 4 is 34.4 Å². The number of ether oxygens (including phenoxy) is 1. The van der Waals surface area contributed by atoms with Gasteiger partial charge in [-0.25, -0.2) is 4.99 Å². The molecule has 0 N–H and O–H groups in total. The molecule has 2 aromatic carbocycles. The van der Waals surface area contributed by atoms with E-state index in [0.29, 0.717) is 5.56 Å². The Hall–Kier alpha value is -2.75. The van der Waals surface area contributed by atoms with E-state index in [4.69, 9.17) is 21.9 Å². The average Bonchev–Trinajstić information content (AvgIpc) is 3.46. The van der Waals surface area contributed by atoms with Crippen LogP contribution in [0.3, 0.4) is 0 Å². The van der Waals surface area contributed by atoms with Crippen LogP contribution in [0.1, 0.15) is 50.5 Å². The second kappa shape index (κ2) is 9.24. The molecule has 5 nitrogen and oxygen atoms in total. The Morgan fingerprint density at radius 3 is 2.24 bits per heavy atom. The molecule has 1 saturated carbocycles. The van der Waals surface area contributed by atoms with E-state index in [2.05, 4.69) is 15.9 Å². The van der Waals surface area contributed by atoms with Gasteiger partial charge < -0.3 is 4.74 Å². The summed E-state index contributed by atoms with van der Waals surface area (Å²) in [5.74, 6) is 1.85. The highest BCUT2D eigenvalue weighted by Gasteiger charge is 2.57. The summed E-state index contributed by atoms with van der Waals surface area (Å²) in [6, 6.07) is 18.1. The molecule has 0 bridgehead atoms. The molecule has 5 rings (SSSR count). The molecule has 2 heterocycles. The molecular formula is C27H30N4OS. The maximum Gasteiger partial charge on any atom is 0.133 e. The molecule has 0 amide bonds. The number of methoxy groups -OCH3 is 1. The van der Waals surface area contributed by atoms with Crippen LogP contribution in [0.4, 0.5) is 11.4 Å². The Kier molecular flexibility index (Phi) is 6.18. The highest BCUT2D eigenvalue weighted by atomic mass is 32.1. The number of nitriles is 1. The summed E-state index contributed by atoms with van der Waals surface area (Å²) in [6.07, 6.45) is 8.38. The van der Waals surface area contributed by atoms with Gasteiger partial charge in [-0.05, 0) is 87.3 Å². The van der Waals surface area contributed by atoms with Crippen LogP contribution in [0.15, 0.2) is 53.5 Å². The SMILES string of the molecule is COc1ccc(N=C2[C@H](N3CCCC3)C3(CCCCC3)C(=S)N2c2ccc(C#N)cc2)cc1. The van der Waals surface area contributed by atoms with E-state index in [1.807, 2.05) is 48.5 Å². The zero-order valence-electron chi connectivity index (χ0n) is 19.2. The summed E-state index contributed by atoms with van der Waals surface area (Å²) in [4.78, 5) is 11.1. The number of amidine groups is 1. The fourth-order valence-corrected chi connectivity index (χ4v) is 6.35. The molecule has 0 aromatic heterocycles. The molecule has 2 saturated heterocycles. The number of rotatable bonds is 4. The van der Waals surface area contributed by atoms with Crippen molar-refractivity contribution in [1.82, 2.24) is 4.90 Å². The van der Waals surface area contributed by atoms with Crippen molar-refractivity contribution in [3.63, 3.8) is 0 Å². The molecule has 3 aliphatic rings. The third kappa shape index (κ3) is 3.94. The lowest BCUT2D eigenvalue weighted by atomic mass is 9.70. The van der Waals surface area contributed by atoms with Crippen molar-refractivity contribution in [3.8, 4) is 11.8 Å². The number of benzene rings is 2. The monoisotopic (exact) mass is 458 g/mol. The van der Waals surface area contributed by atoms with Crippen LogP contribution in [0.25, 0.3) is 0 Å². The van der Waals surface area contributed by atoms with Crippen molar-refractivity contribution in [2.75, 3.05) is 25.1 Å². The summed E-state index contributed by atoms with van der Waals surface area (Å²) in [7, 11) is 1.68. The van der Waals surface area contributed by atoms with E-state index >= 15 is 0 Å². The van der Waals surface area contributed by atoms with Gasteiger partial charge in [-0.2, -0.15) is 5.26 Å². The summed E-state index contributed by atoms with van der Waals surface area (Å²) in [5.41, 5.74) is 2.50. The van der Waals surface area contributed by atoms with Gasteiger partial charge in [-0.1, -0.05) is 31.5 Å². The van der Waals surface area contributed by atoms with Crippen molar-refractivity contribution in [3.05, 3.63) is 54.1 Å². The Labute approximate surface area is 201 Å². The Morgan fingerprint density at radius 1 is 0.970 bits per heavy atom.